The highest BCUT2D eigenvalue weighted by molar-refractivity contribution is 8.00. The minimum atomic E-state index is -0.470. The van der Waals surface area contributed by atoms with Crippen molar-refractivity contribution >= 4 is 63.6 Å². The number of thiophene rings is 1. The number of hydrogen-bond acceptors (Lipinski definition) is 7. The van der Waals surface area contributed by atoms with Gasteiger partial charge >= 0.3 is 5.97 Å². The summed E-state index contributed by atoms with van der Waals surface area (Å²) in [5, 5.41) is 5.85. The number of amides is 3. The molecule has 0 saturated heterocycles. The highest BCUT2D eigenvalue weighted by Crippen LogP contribution is 2.38. The van der Waals surface area contributed by atoms with Crippen molar-refractivity contribution in [2.45, 2.75) is 50.3 Å². The zero-order valence-electron chi connectivity index (χ0n) is 23.3. The number of hydrogen-bond donors (Lipinski definition) is 2. The molecule has 10 heteroatoms. The average Bonchev–Trinajstić information content (AvgIpc) is 3.32. The van der Waals surface area contributed by atoms with Crippen LogP contribution in [-0.2, 0) is 32.1 Å². The van der Waals surface area contributed by atoms with E-state index in [-0.39, 0.29) is 24.3 Å². The van der Waals surface area contributed by atoms with Crippen LogP contribution in [0.15, 0.2) is 65.6 Å². The number of esters is 1. The Labute approximate surface area is 248 Å². The Hall–Kier alpha value is -3.89. The molecule has 3 amide bonds. The monoisotopic (exact) mass is 591 g/mol. The van der Waals surface area contributed by atoms with Crippen LogP contribution in [0.25, 0.3) is 6.08 Å². The normalized spacial score (nSPS) is 13.4. The molecule has 2 N–H and O–H groups in total. The second-order valence-electron chi connectivity index (χ2n) is 9.38. The Kier molecular flexibility index (Phi) is 10.4. The van der Waals surface area contributed by atoms with Crippen LogP contribution in [0.4, 0.5) is 10.7 Å². The smallest absolute Gasteiger partial charge is 0.341 e. The number of rotatable bonds is 10. The number of benzene rings is 2. The van der Waals surface area contributed by atoms with Crippen LogP contribution in [0.2, 0.25) is 0 Å². The average molecular weight is 592 g/mol. The molecule has 0 saturated carbocycles. The van der Waals surface area contributed by atoms with Crippen molar-refractivity contribution in [3.63, 3.8) is 0 Å². The maximum atomic E-state index is 13.4. The second kappa shape index (κ2) is 14.1. The molecule has 0 aliphatic carbocycles. The fourth-order valence-corrected chi connectivity index (χ4v) is 6.69. The van der Waals surface area contributed by atoms with Crippen molar-refractivity contribution in [1.82, 2.24) is 4.90 Å². The molecule has 1 aromatic heterocycles. The van der Waals surface area contributed by atoms with E-state index in [0.29, 0.717) is 42.2 Å². The highest BCUT2D eigenvalue weighted by Gasteiger charge is 2.31. The third kappa shape index (κ3) is 7.86. The van der Waals surface area contributed by atoms with Gasteiger partial charge in [0.25, 0.3) is 0 Å². The highest BCUT2D eigenvalue weighted by atomic mass is 32.2. The van der Waals surface area contributed by atoms with Crippen molar-refractivity contribution in [2.75, 3.05) is 23.8 Å². The topological polar surface area (TPSA) is 105 Å². The molecule has 3 aromatic rings. The predicted octanol–water partition coefficient (Wildman–Crippen LogP) is 5.99. The number of carbonyl (C=O) groups excluding carboxylic acids is 4. The third-order valence-corrected chi connectivity index (χ3v) is 8.98. The molecule has 1 aliphatic rings. The van der Waals surface area contributed by atoms with Crippen LogP contribution in [0.3, 0.4) is 0 Å². The summed E-state index contributed by atoms with van der Waals surface area (Å²) in [6, 6.07) is 16.9. The van der Waals surface area contributed by atoms with Crippen LogP contribution in [0.5, 0.6) is 0 Å². The molecule has 2 aromatic carbocycles. The van der Waals surface area contributed by atoms with Gasteiger partial charge in [-0.05, 0) is 55.2 Å². The summed E-state index contributed by atoms with van der Waals surface area (Å²) in [6.45, 7) is 6.33. The minimum absolute atomic E-state index is 0.0274. The van der Waals surface area contributed by atoms with Crippen molar-refractivity contribution in [3.05, 3.63) is 82.2 Å². The number of fused-ring (bicyclic) bond motifs is 1. The van der Waals surface area contributed by atoms with E-state index in [9.17, 15) is 19.2 Å². The lowest BCUT2D eigenvalue weighted by Crippen LogP contribution is -2.34. The van der Waals surface area contributed by atoms with Crippen molar-refractivity contribution < 1.29 is 23.9 Å². The van der Waals surface area contributed by atoms with E-state index in [4.69, 9.17) is 4.74 Å². The lowest BCUT2D eigenvalue weighted by Gasteiger charge is -2.25. The largest absolute Gasteiger partial charge is 0.462 e. The van der Waals surface area contributed by atoms with Gasteiger partial charge in [-0.2, -0.15) is 0 Å². The molecule has 8 nitrogen and oxygen atoms in total. The van der Waals surface area contributed by atoms with Crippen molar-refractivity contribution in [1.29, 1.82) is 0 Å². The van der Waals surface area contributed by atoms with Gasteiger partial charge in [-0.3, -0.25) is 14.4 Å². The number of anilines is 2. The zero-order valence-corrected chi connectivity index (χ0v) is 24.9. The summed E-state index contributed by atoms with van der Waals surface area (Å²) in [5.74, 6) is -0.981. The van der Waals surface area contributed by atoms with Crippen LogP contribution < -0.4 is 10.6 Å². The Morgan fingerprint density at radius 3 is 2.56 bits per heavy atom. The first-order valence-electron chi connectivity index (χ1n) is 13.5. The SMILES string of the molecule is CCOC(=O)c1c(NC(=O)C(CC)Sc2cccc(NC(=O)/C=C/c3ccccc3)c2)sc2c1CCN(C(C)=O)C2. The first kappa shape index (κ1) is 30.1. The van der Waals surface area contributed by atoms with Gasteiger partial charge in [0.05, 0.1) is 24.0 Å². The molecule has 214 valence electrons. The number of nitrogens with zero attached hydrogens (tertiary/aromatic N) is 1. The molecule has 1 aliphatic heterocycles. The quantitative estimate of drug-likeness (QED) is 0.171. The summed E-state index contributed by atoms with van der Waals surface area (Å²) in [6.07, 6.45) is 4.30. The Morgan fingerprint density at radius 2 is 1.85 bits per heavy atom. The third-order valence-electron chi connectivity index (χ3n) is 6.49. The Balaban J connectivity index is 1.46. The number of ether oxygens (including phenoxy) is 1. The van der Waals surface area contributed by atoms with E-state index in [1.165, 1.54) is 36.1 Å². The summed E-state index contributed by atoms with van der Waals surface area (Å²) < 4.78 is 5.31. The molecule has 1 unspecified atom stereocenters. The van der Waals surface area contributed by atoms with Crippen LogP contribution >= 0.6 is 23.1 Å². The maximum absolute atomic E-state index is 13.4. The van der Waals surface area contributed by atoms with E-state index in [0.717, 1.165) is 20.9 Å². The standard InChI is InChI=1S/C31H33N3O5S2/c1-4-25(40-23-13-9-12-22(18-23)32-27(36)15-14-21-10-7-6-8-11-21)29(37)33-30-28(31(38)39-5-2)24-16-17-34(20(3)35)19-26(24)41-30/h6-15,18,25H,4-5,16-17,19H2,1-3H3,(H,32,36)(H,33,37)/b15-14+. The van der Waals surface area contributed by atoms with Crippen molar-refractivity contribution in [2.24, 2.45) is 0 Å². The van der Waals surface area contributed by atoms with E-state index >= 15 is 0 Å². The molecular formula is C31H33N3O5S2. The van der Waals surface area contributed by atoms with E-state index in [2.05, 4.69) is 10.6 Å². The number of nitrogens with one attached hydrogen (secondary N) is 2. The first-order valence-corrected chi connectivity index (χ1v) is 15.2. The van der Waals surface area contributed by atoms with Gasteiger partial charge in [-0.1, -0.05) is 43.3 Å². The minimum Gasteiger partial charge on any atom is -0.462 e. The lowest BCUT2D eigenvalue weighted by molar-refractivity contribution is -0.129. The maximum Gasteiger partial charge on any atom is 0.341 e. The van der Waals surface area contributed by atoms with E-state index in [1.807, 2.05) is 55.5 Å². The lowest BCUT2D eigenvalue weighted by atomic mass is 10.0. The first-order chi connectivity index (χ1) is 19.8. The van der Waals surface area contributed by atoms with Gasteiger partial charge in [0.2, 0.25) is 17.7 Å². The molecule has 1 atom stereocenters. The Bertz CT molecular complexity index is 1450. The molecule has 0 radical (unpaired) electrons. The fraction of sp³-hybridized carbons (Fsp3) is 0.290. The van der Waals surface area contributed by atoms with Crippen molar-refractivity contribution in [3.8, 4) is 0 Å². The summed E-state index contributed by atoms with van der Waals surface area (Å²) in [7, 11) is 0. The van der Waals surface area contributed by atoms with Crippen LogP contribution in [-0.4, -0.2) is 47.0 Å². The number of carbonyl (C=O) groups is 4. The molecule has 2 heterocycles. The van der Waals surface area contributed by atoms with E-state index < -0.39 is 11.2 Å². The van der Waals surface area contributed by atoms with Crippen LogP contribution in [0, 0.1) is 0 Å². The fourth-order valence-electron chi connectivity index (χ4n) is 4.43. The molecule has 41 heavy (non-hydrogen) atoms. The van der Waals surface area contributed by atoms with Gasteiger partial charge in [-0.25, -0.2) is 4.79 Å². The van der Waals surface area contributed by atoms with Gasteiger partial charge in [0.15, 0.2) is 0 Å². The molecule has 0 bridgehead atoms. The summed E-state index contributed by atoms with van der Waals surface area (Å²) in [4.78, 5) is 54.1. The summed E-state index contributed by atoms with van der Waals surface area (Å²) in [5.41, 5.74) is 2.78. The van der Waals surface area contributed by atoms with Crippen LogP contribution in [0.1, 0.15) is 53.6 Å². The second-order valence-corrected chi connectivity index (χ2v) is 11.8. The number of thioether (sulfide) groups is 1. The van der Waals surface area contributed by atoms with E-state index in [1.54, 1.807) is 24.0 Å². The Morgan fingerprint density at radius 1 is 1.07 bits per heavy atom. The zero-order chi connectivity index (χ0) is 29.4. The predicted molar refractivity (Wildman–Crippen MR) is 164 cm³/mol. The molecule has 0 fully saturated rings. The van der Waals surface area contributed by atoms with Gasteiger partial charge < -0.3 is 20.3 Å². The van der Waals surface area contributed by atoms with Gasteiger partial charge in [-0.15, -0.1) is 23.1 Å². The molecule has 0 spiro atoms. The molecular weight excluding hydrogens is 558 g/mol. The van der Waals surface area contributed by atoms with Gasteiger partial charge in [0.1, 0.15) is 5.00 Å². The molecule has 4 rings (SSSR count). The van der Waals surface area contributed by atoms with Gasteiger partial charge in [0, 0.05) is 35.0 Å². The summed E-state index contributed by atoms with van der Waals surface area (Å²) >= 11 is 2.71.